The van der Waals surface area contributed by atoms with E-state index in [1.807, 2.05) is 65.4 Å². The molecule has 3 aromatic heterocycles. The van der Waals surface area contributed by atoms with E-state index >= 15 is 0 Å². The number of ether oxygens (including phenoxy) is 3. The summed E-state index contributed by atoms with van der Waals surface area (Å²) in [4.78, 5) is 26.9. The Hall–Kier alpha value is -5.98. The molecule has 0 spiro atoms. The van der Waals surface area contributed by atoms with E-state index in [4.69, 9.17) is 24.2 Å². The molecule has 0 fully saturated rings. The lowest BCUT2D eigenvalue weighted by molar-refractivity contribution is -0.140. The lowest BCUT2D eigenvalue weighted by Gasteiger charge is -2.27. The molecule has 0 aliphatic carbocycles. The van der Waals surface area contributed by atoms with Crippen molar-refractivity contribution in [3.05, 3.63) is 95.7 Å². The zero-order chi connectivity index (χ0) is 35.4. The Bertz CT molecular complexity index is 2070. The van der Waals surface area contributed by atoms with Gasteiger partial charge in [0, 0.05) is 17.3 Å². The second-order valence-electron chi connectivity index (χ2n) is 9.96. The van der Waals surface area contributed by atoms with Crippen molar-refractivity contribution in [3.63, 3.8) is 0 Å². The van der Waals surface area contributed by atoms with Gasteiger partial charge in [-0.3, -0.25) is 0 Å². The number of nitrogens with zero attached hydrogens (tertiary/aromatic N) is 6. The van der Waals surface area contributed by atoms with Crippen molar-refractivity contribution in [1.29, 1.82) is 0 Å². The molecule has 1 aliphatic rings. The Balaban J connectivity index is 0.000000204. The van der Waals surface area contributed by atoms with Crippen molar-refractivity contribution >= 4 is 33.4 Å². The van der Waals surface area contributed by atoms with Crippen LogP contribution in [0.5, 0.6) is 17.6 Å². The van der Waals surface area contributed by atoms with Crippen LogP contribution >= 0.6 is 0 Å². The predicted molar refractivity (Wildman–Crippen MR) is 165 cm³/mol. The number of halogens is 3. The van der Waals surface area contributed by atoms with Crippen LogP contribution in [0.3, 0.4) is 0 Å². The maximum atomic E-state index is 13.3. The predicted octanol–water partition coefficient (Wildman–Crippen LogP) is 4.16. The molecule has 0 unspecified atom stereocenters. The largest absolute Gasteiger partial charge is 0.481 e. The van der Waals surface area contributed by atoms with E-state index < -0.39 is 50.1 Å². The highest BCUT2D eigenvalue weighted by Crippen LogP contribution is 2.41. The summed E-state index contributed by atoms with van der Waals surface area (Å²) in [6.45, 7) is 0. The molecule has 6 rings (SSSR count). The lowest BCUT2D eigenvalue weighted by Crippen LogP contribution is -2.29. The molecule has 4 heterocycles. The van der Waals surface area contributed by atoms with Crippen LogP contribution in [0, 0.1) is 0 Å². The molecule has 15 nitrogen and oxygen atoms in total. The number of carboxylic acids is 1. The minimum Gasteiger partial charge on any atom is -0.481 e. The van der Waals surface area contributed by atoms with Gasteiger partial charge >= 0.3 is 12.1 Å². The molecule has 5 aromatic rings. The highest BCUT2D eigenvalue weighted by molar-refractivity contribution is 7.92. The Morgan fingerprint density at radius 1 is 0.959 bits per heavy atom. The monoisotopic (exact) mass is 701 g/mol. The second kappa shape index (κ2) is 13.6. The molecule has 49 heavy (non-hydrogen) atoms. The number of alkyl halides is 3. The number of benzene rings is 2. The molecule has 256 valence electrons. The van der Waals surface area contributed by atoms with Crippen LogP contribution < -0.4 is 18.9 Å². The second-order valence-corrected chi connectivity index (χ2v) is 11.6. The number of nitrogens with one attached hydrogen (secondary N) is 1. The number of aliphatic carboxylic acids is 1. The summed E-state index contributed by atoms with van der Waals surface area (Å²) in [7, 11) is -1.20. The third kappa shape index (κ3) is 7.00. The summed E-state index contributed by atoms with van der Waals surface area (Å²) in [5.74, 6) is -2.26. The maximum absolute atomic E-state index is 13.3. The molecule has 0 bridgehead atoms. The first-order valence-electron chi connectivity index (χ1n) is 13.9. The molecule has 1 aliphatic heterocycles. The first kappa shape index (κ1) is 34.4. The van der Waals surface area contributed by atoms with Gasteiger partial charge in [-0.15, -0.1) is 5.10 Å². The third-order valence-corrected chi connectivity index (χ3v) is 8.38. The standard InChI is InChI=1S/C16H13NO3.C14H13F3N6O5S/c18-15(19)14-11-16(20-17-14,12-7-3-1-4-8-12)13-9-5-2-6-10-13;1-26-8-6-9(27-2)23-13(19-8)20-12(21-23)22-29(24,25)10-7(14(15,16)17)4-5-18-11(10)28-3/h1-10H,11H2,(H,18,19);4-6H,1-3H3,(H,21,22). The van der Waals surface area contributed by atoms with Crippen LogP contribution in [0.15, 0.2) is 89.0 Å². The smallest absolute Gasteiger partial charge is 0.418 e. The van der Waals surface area contributed by atoms with Gasteiger partial charge in [0.05, 0.1) is 39.4 Å². The van der Waals surface area contributed by atoms with Crippen LogP contribution in [0.4, 0.5) is 19.1 Å². The van der Waals surface area contributed by atoms with Gasteiger partial charge in [-0.1, -0.05) is 65.8 Å². The molecule has 0 saturated heterocycles. The SMILES string of the molecule is COc1cc(OC)n2nc(NS(=O)(=O)c3c(C(F)(F)F)ccnc3OC)nc2n1.O=C(O)C1=NOC(c2ccccc2)(c2ccccc2)C1. The quantitative estimate of drug-likeness (QED) is 0.224. The molecule has 0 atom stereocenters. The molecular formula is C30H26F3N7O8S. The van der Waals surface area contributed by atoms with Crippen LogP contribution in [0.2, 0.25) is 0 Å². The van der Waals surface area contributed by atoms with E-state index in [9.17, 15) is 26.4 Å². The first-order chi connectivity index (χ1) is 23.3. The van der Waals surface area contributed by atoms with E-state index in [0.717, 1.165) is 28.9 Å². The van der Waals surface area contributed by atoms with Gasteiger partial charge in [-0.25, -0.2) is 22.9 Å². The van der Waals surface area contributed by atoms with Gasteiger partial charge in [0.2, 0.25) is 17.6 Å². The Morgan fingerprint density at radius 3 is 2.10 bits per heavy atom. The molecule has 0 radical (unpaired) electrons. The van der Waals surface area contributed by atoms with E-state index in [2.05, 4.69) is 25.2 Å². The topological polar surface area (TPSA) is 189 Å². The number of hydrogen-bond donors (Lipinski definition) is 2. The summed E-state index contributed by atoms with van der Waals surface area (Å²) in [6, 6.07) is 21.0. The number of fused-ring (bicyclic) bond motifs is 1. The van der Waals surface area contributed by atoms with Gasteiger partial charge < -0.3 is 24.2 Å². The van der Waals surface area contributed by atoms with Crippen LogP contribution in [-0.4, -0.2) is 71.1 Å². The highest BCUT2D eigenvalue weighted by atomic mass is 32.2. The Labute approximate surface area is 276 Å². The number of methoxy groups -OCH3 is 3. The number of aromatic nitrogens is 5. The summed E-state index contributed by atoms with van der Waals surface area (Å²) >= 11 is 0. The minimum absolute atomic E-state index is 0.0395. The number of sulfonamides is 1. The van der Waals surface area contributed by atoms with Crippen molar-refractivity contribution in [2.45, 2.75) is 23.1 Å². The van der Waals surface area contributed by atoms with Gasteiger partial charge in [0.1, 0.15) is 0 Å². The van der Waals surface area contributed by atoms with Crippen molar-refractivity contribution in [1.82, 2.24) is 24.6 Å². The van der Waals surface area contributed by atoms with Gasteiger partial charge in [0.25, 0.3) is 21.7 Å². The zero-order valence-corrected chi connectivity index (χ0v) is 26.6. The van der Waals surface area contributed by atoms with Crippen molar-refractivity contribution in [2.24, 2.45) is 5.16 Å². The fourth-order valence-electron chi connectivity index (χ4n) is 4.78. The lowest BCUT2D eigenvalue weighted by atomic mass is 9.82. The Morgan fingerprint density at radius 2 is 1.59 bits per heavy atom. The van der Waals surface area contributed by atoms with Crippen molar-refractivity contribution in [3.8, 4) is 17.6 Å². The van der Waals surface area contributed by atoms with Gasteiger partial charge in [-0.2, -0.15) is 27.7 Å². The van der Waals surface area contributed by atoms with E-state index in [-0.39, 0.29) is 29.7 Å². The average molecular weight is 702 g/mol. The Kier molecular flexibility index (Phi) is 9.56. The van der Waals surface area contributed by atoms with Gasteiger partial charge in [0.15, 0.2) is 16.2 Å². The summed E-state index contributed by atoms with van der Waals surface area (Å²) in [5.41, 5.74) is -0.482. The van der Waals surface area contributed by atoms with Crippen molar-refractivity contribution in [2.75, 3.05) is 26.1 Å². The highest BCUT2D eigenvalue weighted by Gasteiger charge is 2.44. The van der Waals surface area contributed by atoms with Crippen molar-refractivity contribution < 1.29 is 50.5 Å². The van der Waals surface area contributed by atoms with Crippen LogP contribution in [-0.2, 0) is 31.4 Å². The number of carbonyl (C=O) groups is 1. The first-order valence-corrected chi connectivity index (χ1v) is 15.4. The number of anilines is 1. The number of oxime groups is 1. The normalized spacial score (nSPS) is 13.8. The molecule has 2 N–H and O–H groups in total. The van der Waals surface area contributed by atoms with Crippen LogP contribution in [0.25, 0.3) is 5.78 Å². The molecular weight excluding hydrogens is 675 g/mol. The number of pyridine rings is 1. The minimum atomic E-state index is -4.98. The van der Waals surface area contributed by atoms with E-state index in [1.165, 1.54) is 20.3 Å². The molecule has 2 aromatic carbocycles. The molecule has 0 amide bonds. The fourth-order valence-corrected chi connectivity index (χ4v) is 6.05. The fraction of sp³-hybridized carbons (Fsp3) is 0.200. The number of hydrogen-bond acceptors (Lipinski definition) is 12. The van der Waals surface area contributed by atoms with Crippen LogP contribution in [0.1, 0.15) is 23.1 Å². The summed E-state index contributed by atoms with van der Waals surface area (Å²) in [6.07, 6.45) is -3.98. The summed E-state index contributed by atoms with van der Waals surface area (Å²) < 4.78 is 83.1. The van der Waals surface area contributed by atoms with E-state index in [0.29, 0.717) is 6.07 Å². The molecule has 0 saturated carbocycles. The van der Waals surface area contributed by atoms with E-state index in [1.54, 1.807) is 0 Å². The number of carboxylic acid groups (broad SMARTS) is 1. The van der Waals surface area contributed by atoms with Gasteiger partial charge in [-0.05, 0) is 6.07 Å². The molecule has 19 heteroatoms. The third-order valence-electron chi connectivity index (χ3n) is 6.99. The summed E-state index contributed by atoms with van der Waals surface area (Å²) in [5, 5.41) is 16.7. The number of rotatable bonds is 9. The zero-order valence-electron chi connectivity index (χ0n) is 25.7. The maximum Gasteiger partial charge on any atom is 0.418 e. The average Bonchev–Trinajstić information content (AvgIpc) is 3.73.